The summed E-state index contributed by atoms with van der Waals surface area (Å²) < 4.78 is 0. The Morgan fingerprint density at radius 2 is 2.04 bits per heavy atom. The van der Waals surface area contributed by atoms with Crippen LogP contribution >= 0.6 is 0 Å². The van der Waals surface area contributed by atoms with Gasteiger partial charge < -0.3 is 10.6 Å². The Morgan fingerprint density at radius 3 is 2.64 bits per heavy atom. The normalized spacial score (nSPS) is 14.6. The number of benzene rings is 1. The van der Waals surface area contributed by atoms with E-state index >= 15 is 0 Å². The monoisotopic (exact) mass is 338 g/mol. The number of rotatable bonds is 5. The maximum absolute atomic E-state index is 12.8. The molecule has 0 atom stereocenters. The summed E-state index contributed by atoms with van der Waals surface area (Å²) in [5.74, 6) is -0.0965. The minimum atomic E-state index is -0.142. The summed E-state index contributed by atoms with van der Waals surface area (Å²) in [7, 11) is 0. The van der Waals surface area contributed by atoms with Gasteiger partial charge >= 0.3 is 0 Å². The molecule has 4 heteroatoms. The minimum absolute atomic E-state index is 0.0451. The van der Waals surface area contributed by atoms with Crippen molar-refractivity contribution in [2.75, 3.05) is 10.6 Å². The van der Waals surface area contributed by atoms with Crippen molar-refractivity contribution in [2.24, 2.45) is 0 Å². The van der Waals surface area contributed by atoms with E-state index in [2.05, 4.69) is 17.2 Å². The molecule has 2 rings (SSSR count). The van der Waals surface area contributed by atoms with Gasteiger partial charge in [0.2, 0.25) is 5.91 Å². The van der Waals surface area contributed by atoms with E-state index < -0.39 is 0 Å². The van der Waals surface area contributed by atoms with Crippen LogP contribution in [0.3, 0.4) is 0 Å². The highest BCUT2D eigenvalue weighted by Crippen LogP contribution is 2.33. The molecule has 0 fully saturated rings. The van der Waals surface area contributed by atoms with Gasteiger partial charge in [0.15, 0.2) is 0 Å². The van der Waals surface area contributed by atoms with E-state index in [9.17, 15) is 9.59 Å². The first-order chi connectivity index (χ1) is 11.9. The number of allylic oxidation sites excluding steroid dienone is 3. The molecule has 1 aliphatic heterocycles. The predicted molar refractivity (Wildman–Crippen MR) is 104 cm³/mol. The summed E-state index contributed by atoms with van der Waals surface area (Å²) in [5, 5.41) is 5.98. The molecule has 0 saturated heterocycles. The molecule has 2 amide bonds. The Morgan fingerprint density at radius 1 is 1.32 bits per heavy atom. The quantitative estimate of drug-likeness (QED) is 0.609. The molecule has 0 radical (unpaired) electrons. The molecule has 1 aliphatic rings. The van der Waals surface area contributed by atoms with Crippen molar-refractivity contribution in [2.45, 2.75) is 47.0 Å². The third-order valence-electron chi connectivity index (χ3n) is 4.67. The molecule has 0 aliphatic carbocycles. The summed E-state index contributed by atoms with van der Waals surface area (Å²) in [5.41, 5.74) is 6.24. The largest absolute Gasteiger partial charge is 0.326 e. The van der Waals surface area contributed by atoms with Crippen LogP contribution in [0.25, 0.3) is 0 Å². The van der Waals surface area contributed by atoms with Gasteiger partial charge in [-0.15, -0.1) is 0 Å². The number of amides is 2. The highest BCUT2D eigenvalue weighted by Gasteiger charge is 2.21. The van der Waals surface area contributed by atoms with Crippen LogP contribution in [0.4, 0.5) is 11.4 Å². The number of aryl methyl sites for hydroxylation is 1. The van der Waals surface area contributed by atoms with Crippen LogP contribution in [0.1, 0.15) is 43.4 Å². The van der Waals surface area contributed by atoms with Gasteiger partial charge in [-0.2, -0.15) is 0 Å². The fourth-order valence-electron chi connectivity index (χ4n) is 3.07. The number of fused-ring (bicyclic) bond motifs is 1. The second-order valence-electron chi connectivity index (χ2n) is 6.21. The van der Waals surface area contributed by atoms with E-state index in [1.54, 1.807) is 6.08 Å². The third-order valence-corrected chi connectivity index (χ3v) is 4.67. The van der Waals surface area contributed by atoms with E-state index in [0.717, 1.165) is 40.1 Å². The second-order valence-corrected chi connectivity index (χ2v) is 6.21. The number of hydrogen-bond acceptors (Lipinski definition) is 2. The summed E-state index contributed by atoms with van der Waals surface area (Å²) >= 11 is 0. The molecular formula is C21H26N2O2. The summed E-state index contributed by atoms with van der Waals surface area (Å²) in [6.45, 7) is 11.6. The van der Waals surface area contributed by atoms with Crippen LogP contribution in [0.5, 0.6) is 0 Å². The van der Waals surface area contributed by atoms with Gasteiger partial charge in [-0.3, -0.25) is 9.59 Å². The Labute approximate surface area is 149 Å². The molecule has 1 aromatic rings. The summed E-state index contributed by atoms with van der Waals surface area (Å²) in [6, 6.07) is 1.97. The molecule has 0 aromatic heterocycles. The van der Waals surface area contributed by atoms with Crippen LogP contribution in [-0.4, -0.2) is 11.8 Å². The average Bonchev–Trinajstić information content (AvgIpc) is 2.60. The van der Waals surface area contributed by atoms with Gasteiger partial charge in [-0.05, 0) is 61.9 Å². The zero-order chi connectivity index (χ0) is 18.6. The Kier molecular flexibility index (Phi) is 5.97. The number of carbonyl (C=O) groups excluding carboxylic acids is 2. The molecule has 0 bridgehead atoms. The lowest BCUT2D eigenvalue weighted by atomic mass is 9.94. The van der Waals surface area contributed by atoms with Crippen molar-refractivity contribution in [1.29, 1.82) is 0 Å². The number of anilines is 2. The van der Waals surface area contributed by atoms with E-state index in [4.69, 9.17) is 0 Å². The standard InChI is InChI=1S/C21H26N2O2/c1-6-9-17(15(7-2)8-3)21(25)22-18-12-16-10-11-19(24)23-20(16)14(5)13(18)4/h6-7,9,12H,2,8,10-11H2,1,3-5H3,(H,22,25)(H,23,24)/b9-6-,17-15-. The third kappa shape index (κ3) is 3.90. The zero-order valence-corrected chi connectivity index (χ0v) is 15.5. The molecule has 0 unspecified atom stereocenters. The Balaban J connectivity index is 2.42. The van der Waals surface area contributed by atoms with Gasteiger partial charge in [0.05, 0.1) is 0 Å². The van der Waals surface area contributed by atoms with Crippen LogP contribution in [-0.2, 0) is 16.0 Å². The van der Waals surface area contributed by atoms with Crippen molar-refractivity contribution in [3.63, 3.8) is 0 Å². The number of carbonyl (C=O) groups is 2. The molecule has 0 spiro atoms. The SMILES string of the molecule is C=C/C(CC)=C(\C=C/C)C(=O)Nc1cc2c(c(C)c1C)NC(=O)CC2. The Bertz CT molecular complexity index is 786. The Hall–Kier alpha value is -2.62. The lowest BCUT2D eigenvalue weighted by Crippen LogP contribution is -2.22. The average molecular weight is 338 g/mol. The molecule has 132 valence electrons. The summed E-state index contributed by atoms with van der Waals surface area (Å²) in [6.07, 6.45) is 7.31. The topological polar surface area (TPSA) is 58.2 Å². The second kappa shape index (κ2) is 7.97. The molecular weight excluding hydrogens is 312 g/mol. The van der Waals surface area contributed by atoms with Crippen molar-refractivity contribution < 1.29 is 9.59 Å². The van der Waals surface area contributed by atoms with E-state index in [0.29, 0.717) is 18.4 Å². The van der Waals surface area contributed by atoms with Crippen molar-refractivity contribution in [3.05, 3.63) is 58.7 Å². The van der Waals surface area contributed by atoms with Crippen LogP contribution in [0.2, 0.25) is 0 Å². The van der Waals surface area contributed by atoms with Crippen molar-refractivity contribution in [3.8, 4) is 0 Å². The van der Waals surface area contributed by atoms with Crippen molar-refractivity contribution in [1.82, 2.24) is 0 Å². The predicted octanol–water partition coefficient (Wildman–Crippen LogP) is 4.60. The number of nitrogens with one attached hydrogen (secondary N) is 2. The molecule has 4 nitrogen and oxygen atoms in total. The molecule has 1 heterocycles. The zero-order valence-electron chi connectivity index (χ0n) is 15.5. The highest BCUT2D eigenvalue weighted by atomic mass is 16.2. The van der Waals surface area contributed by atoms with Gasteiger partial charge in [-0.25, -0.2) is 0 Å². The van der Waals surface area contributed by atoms with E-state index in [-0.39, 0.29) is 11.8 Å². The smallest absolute Gasteiger partial charge is 0.255 e. The van der Waals surface area contributed by atoms with Gasteiger partial charge in [0.25, 0.3) is 5.91 Å². The first-order valence-corrected chi connectivity index (χ1v) is 8.65. The molecule has 25 heavy (non-hydrogen) atoms. The lowest BCUT2D eigenvalue weighted by Gasteiger charge is -2.23. The van der Waals surface area contributed by atoms with Crippen LogP contribution in [0.15, 0.2) is 42.0 Å². The van der Waals surface area contributed by atoms with Gasteiger partial charge in [0.1, 0.15) is 0 Å². The first kappa shape index (κ1) is 18.7. The minimum Gasteiger partial charge on any atom is -0.326 e. The maximum atomic E-state index is 12.8. The van der Waals surface area contributed by atoms with Crippen LogP contribution < -0.4 is 10.6 Å². The van der Waals surface area contributed by atoms with E-state index in [1.807, 2.05) is 45.9 Å². The maximum Gasteiger partial charge on any atom is 0.255 e. The van der Waals surface area contributed by atoms with Crippen molar-refractivity contribution >= 4 is 23.2 Å². The fraction of sp³-hybridized carbons (Fsp3) is 0.333. The highest BCUT2D eigenvalue weighted by molar-refractivity contribution is 6.07. The van der Waals surface area contributed by atoms with Gasteiger partial charge in [-0.1, -0.05) is 31.7 Å². The lowest BCUT2D eigenvalue weighted by molar-refractivity contribution is -0.116. The fourth-order valence-corrected chi connectivity index (χ4v) is 3.07. The van der Waals surface area contributed by atoms with E-state index in [1.165, 1.54) is 0 Å². The number of hydrogen-bond donors (Lipinski definition) is 2. The molecule has 0 saturated carbocycles. The molecule has 1 aromatic carbocycles. The summed E-state index contributed by atoms with van der Waals surface area (Å²) in [4.78, 5) is 24.5. The van der Waals surface area contributed by atoms with Gasteiger partial charge in [0, 0.05) is 23.4 Å². The first-order valence-electron chi connectivity index (χ1n) is 8.65. The van der Waals surface area contributed by atoms with Crippen LogP contribution in [0, 0.1) is 13.8 Å². The molecule has 2 N–H and O–H groups in total.